The van der Waals surface area contributed by atoms with Crippen LogP contribution >= 0.6 is 0 Å². The number of H-pyrrole nitrogens is 1. The topological polar surface area (TPSA) is 119 Å². The lowest BCUT2D eigenvalue weighted by Crippen LogP contribution is -2.28. The monoisotopic (exact) mass is 384 g/mol. The zero-order chi connectivity index (χ0) is 20.1. The number of methoxy groups -OCH3 is 1. The number of benzene rings is 2. The van der Waals surface area contributed by atoms with E-state index >= 15 is 0 Å². The van der Waals surface area contributed by atoms with Gasteiger partial charge in [0.1, 0.15) is 17.3 Å². The van der Waals surface area contributed by atoms with Gasteiger partial charge in [-0.05, 0) is 48.0 Å². The highest BCUT2D eigenvalue weighted by atomic mass is 19.1. The molecule has 1 heterocycles. The molecule has 0 aliphatic heterocycles. The van der Waals surface area contributed by atoms with Crippen molar-refractivity contribution in [2.75, 3.05) is 7.11 Å². The van der Waals surface area contributed by atoms with Gasteiger partial charge in [-0.25, -0.2) is 14.0 Å². The average Bonchev–Trinajstić information content (AvgIpc) is 3.14. The summed E-state index contributed by atoms with van der Waals surface area (Å²) in [6, 6.07) is 9.83. The highest BCUT2D eigenvalue weighted by molar-refractivity contribution is 5.90. The first-order valence-corrected chi connectivity index (χ1v) is 8.19. The molecule has 0 saturated heterocycles. The minimum Gasteiger partial charge on any atom is -0.465 e. The second-order valence-corrected chi connectivity index (χ2v) is 5.79. The van der Waals surface area contributed by atoms with Crippen LogP contribution in [-0.4, -0.2) is 29.3 Å². The van der Waals surface area contributed by atoms with Crippen LogP contribution in [0.1, 0.15) is 15.9 Å². The zero-order valence-electron chi connectivity index (χ0n) is 14.9. The van der Waals surface area contributed by atoms with Gasteiger partial charge in [0.05, 0.1) is 18.9 Å². The number of nitrogens with zero attached hydrogens (tertiary/aromatic N) is 1. The fraction of sp³-hybridized carbons (Fsp3) is 0.105. The Bertz CT molecular complexity index is 1000. The summed E-state index contributed by atoms with van der Waals surface area (Å²) in [5.74, 6) is -0.212. The number of nitrogens with two attached hydrogens (primary N) is 1. The molecular weight excluding hydrogens is 367 g/mol. The van der Waals surface area contributed by atoms with Crippen LogP contribution in [0.2, 0.25) is 0 Å². The fourth-order valence-electron chi connectivity index (χ4n) is 2.55. The maximum absolute atomic E-state index is 13.2. The van der Waals surface area contributed by atoms with Crippen molar-refractivity contribution >= 4 is 12.0 Å². The van der Waals surface area contributed by atoms with Crippen molar-refractivity contribution in [2.45, 2.75) is 6.54 Å². The van der Waals surface area contributed by atoms with Crippen molar-refractivity contribution in [2.24, 2.45) is 5.73 Å². The maximum atomic E-state index is 13.2. The fourth-order valence-corrected chi connectivity index (χ4v) is 2.55. The van der Waals surface area contributed by atoms with Crippen molar-refractivity contribution < 1.29 is 23.5 Å². The van der Waals surface area contributed by atoms with Crippen LogP contribution < -0.4 is 15.8 Å². The third-order valence-corrected chi connectivity index (χ3v) is 3.82. The molecular formula is C19H17FN4O4. The van der Waals surface area contributed by atoms with E-state index in [-0.39, 0.29) is 17.9 Å². The molecule has 8 nitrogen and oxygen atoms in total. The number of hydrogen-bond donors (Lipinski definition) is 3. The summed E-state index contributed by atoms with van der Waals surface area (Å²) in [6.45, 7) is 0.104. The number of aromatic nitrogens is 2. The molecule has 9 heteroatoms. The van der Waals surface area contributed by atoms with Gasteiger partial charge in [-0.2, -0.15) is 5.10 Å². The Morgan fingerprint density at radius 3 is 2.64 bits per heavy atom. The second kappa shape index (κ2) is 8.21. The third-order valence-electron chi connectivity index (χ3n) is 3.82. The molecule has 0 unspecified atom stereocenters. The Balaban J connectivity index is 1.92. The molecule has 28 heavy (non-hydrogen) atoms. The zero-order valence-corrected chi connectivity index (χ0v) is 14.9. The van der Waals surface area contributed by atoms with E-state index in [1.807, 2.05) is 0 Å². The molecule has 0 atom stereocenters. The van der Waals surface area contributed by atoms with Crippen LogP contribution in [0.3, 0.4) is 0 Å². The highest BCUT2D eigenvalue weighted by Crippen LogP contribution is 2.32. The highest BCUT2D eigenvalue weighted by Gasteiger charge is 2.14. The summed E-state index contributed by atoms with van der Waals surface area (Å²) in [7, 11) is 1.26. The van der Waals surface area contributed by atoms with Gasteiger partial charge in [-0.15, -0.1) is 0 Å². The summed E-state index contributed by atoms with van der Waals surface area (Å²) >= 11 is 0. The number of aromatic amines is 1. The minimum atomic E-state index is -0.695. The summed E-state index contributed by atoms with van der Waals surface area (Å²) < 4.78 is 23.8. The molecule has 3 rings (SSSR count). The van der Waals surface area contributed by atoms with Crippen LogP contribution in [0.5, 0.6) is 11.5 Å². The van der Waals surface area contributed by atoms with Crippen molar-refractivity contribution in [1.82, 2.24) is 15.5 Å². The average molecular weight is 384 g/mol. The Hall–Kier alpha value is -3.88. The number of urea groups is 1. The molecule has 2 amide bonds. The van der Waals surface area contributed by atoms with Gasteiger partial charge in [-0.3, -0.25) is 5.10 Å². The number of carbonyl (C=O) groups is 2. The van der Waals surface area contributed by atoms with E-state index in [9.17, 15) is 14.0 Å². The molecule has 0 aliphatic rings. The number of carbonyl (C=O) groups excluding carboxylic acids is 2. The van der Waals surface area contributed by atoms with Crippen molar-refractivity contribution in [3.8, 4) is 22.8 Å². The van der Waals surface area contributed by atoms with Gasteiger partial charge in [0, 0.05) is 12.1 Å². The van der Waals surface area contributed by atoms with Crippen LogP contribution in [0, 0.1) is 5.82 Å². The van der Waals surface area contributed by atoms with E-state index in [0.29, 0.717) is 28.3 Å². The van der Waals surface area contributed by atoms with Gasteiger partial charge in [0.25, 0.3) is 0 Å². The molecule has 0 bridgehead atoms. The lowest BCUT2D eigenvalue weighted by molar-refractivity contribution is 0.0600. The van der Waals surface area contributed by atoms with Crippen LogP contribution in [0.25, 0.3) is 11.3 Å². The standard InChI is InChI=1S/C19H17FN4O4/c1-27-18(25)13-6-11(9-22-19(21)26)7-15(8-13)28-16-10-23-24-17(16)12-2-4-14(20)5-3-12/h2-8,10H,9H2,1H3,(H,23,24)(H3,21,22,26). The Labute approximate surface area is 159 Å². The molecule has 144 valence electrons. The van der Waals surface area contributed by atoms with Crippen LogP contribution in [-0.2, 0) is 11.3 Å². The van der Waals surface area contributed by atoms with Gasteiger partial charge in [0.2, 0.25) is 0 Å². The van der Waals surface area contributed by atoms with Crippen molar-refractivity contribution in [1.29, 1.82) is 0 Å². The molecule has 4 N–H and O–H groups in total. The smallest absolute Gasteiger partial charge is 0.337 e. The van der Waals surface area contributed by atoms with Crippen molar-refractivity contribution in [3.05, 3.63) is 65.6 Å². The first-order valence-electron chi connectivity index (χ1n) is 8.19. The summed E-state index contributed by atoms with van der Waals surface area (Å²) in [4.78, 5) is 22.9. The number of ether oxygens (including phenoxy) is 2. The second-order valence-electron chi connectivity index (χ2n) is 5.79. The molecule has 3 aromatic rings. The SMILES string of the molecule is COC(=O)c1cc(CNC(N)=O)cc(Oc2cn[nH]c2-c2ccc(F)cc2)c1. The maximum Gasteiger partial charge on any atom is 0.337 e. The lowest BCUT2D eigenvalue weighted by Gasteiger charge is -2.11. The molecule has 0 saturated carbocycles. The Kier molecular flexibility index (Phi) is 5.54. The van der Waals surface area contributed by atoms with Gasteiger partial charge < -0.3 is 20.5 Å². The molecule has 1 aromatic heterocycles. The molecule has 0 aliphatic carbocycles. The van der Waals surface area contributed by atoms with E-state index in [0.717, 1.165) is 0 Å². The number of rotatable bonds is 6. The van der Waals surface area contributed by atoms with Gasteiger partial charge in [-0.1, -0.05) is 0 Å². The first-order chi connectivity index (χ1) is 13.5. The summed E-state index contributed by atoms with van der Waals surface area (Å²) in [5, 5.41) is 9.22. The lowest BCUT2D eigenvalue weighted by atomic mass is 10.1. The number of esters is 1. The van der Waals surface area contributed by atoms with E-state index in [4.69, 9.17) is 15.2 Å². The normalized spacial score (nSPS) is 10.4. The molecule has 0 radical (unpaired) electrons. The van der Waals surface area contributed by atoms with Gasteiger partial charge in [0.15, 0.2) is 5.75 Å². The Morgan fingerprint density at radius 1 is 1.21 bits per heavy atom. The first kappa shape index (κ1) is 18.9. The number of nitrogens with one attached hydrogen (secondary N) is 2. The van der Waals surface area contributed by atoms with E-state index < -0.39 is 12.0 Å². The number of amides is 2. The van der Waals surface area contributed by atoms with Crippen molar-refractivity contribution in [3.63, 3.8) is 0 Å². The predicted octanol–water partition coefficient (Wildman–Crippen LogP) is 2.96. The number of halogens is 1. The number of hydrogen-bond acceptors (Lipinski definition) is 5. The molecule has 0 spiro atoms. The largest absolute Gasteiger partial charge is 0.465 e. The predicted molar refractivity (Wildman–Crippen MR) is 98.3 cm³/mol. The minimum absolute atomic E-state index is 0.104. The molecule has 0 fully saturated rings. The van der Waals surface area contributed by atoms with Gasteiger partial charge >= 0.3 is 12.0 Å². The van der Waals surface area contributed by atoms with E-state index in [2.05, 4.69) is 15.5 Å². The summed E-state index contributed by atoms with van der Waals surface area (Å²) in [5.41, 5.74) is 7.14. The Morgan fingerprint density at radius 2 is 1.96 bits per heavy atom. The van der Waals surface area contributed by atoms with Crippen LogP contribution in [0.4, 0.5) is 9.18 Å². The summed E-state index contributed by atoms with van der Waals surface area (Å²) in [6.07, 6.45) is 1.46. The van der Waals surface area contributed by atoms with E-state index in [1.165, 1.54) is 31.5 Å². The van der Waals surface area contributed by atoms with E-state index in [1.54, 1.807) is 24.3 Å². The molecule has 2 aromatic carbocycles. The quantitative estimate of drug-likeness (QED) is 0.565. The van der Waals surface area contributed by atoms with Crippen LogP contribution in [0.15, 0.2) is 48.7 Å². The number of primary amides is 1. The third kappa shape index (κ3) is 4.44.